The molecule has 26 heavy (non-hydrogen) atoms. The van der Waals surface area contributed by atoms with Gasteiger partial charge in [0.25, 0.3) is 5.91 Å². The van der Waals surface area contributed by atoms with Crippen LogP contribution in [-0.4, -0.2) is 51.2 Å². The summed E-state index contributed by atoms with van der Waals surface area (Å²) in [5, 5.41) is 4.75. The van der Waals surface area contributed by atoms with Gasteiger partial charge in [-0.15, -0.1) is 11.3 Å². The van der Waals surface area contributed by atoms with E-state index in [4.69, 9.17) is 4.74 Å². The fourth-order valence-corrected chi connectivity index (χ4v) is 3.63. The van der Waals surface area contributed by atoms with Gasteiger partial charge in [0.1, 0.15) is 0 Å². The first-order chi connectivity index (χ1) is 12.7. The van der Waals surface area contributed by atoms with Crippen LogP contribution in [0.1, 0.15) is 16.6 Å². The summed E-state index contributed by atoms with van der Waals surface area (Å²) in [4.78, 5) is 29.0. The van der Waals surface area contributed by atoms with Gasteiger partial charge in [-0.25, -0.2) is 0 Å². The number of ether oxygens (including phenoxy) is 1. The summed E-state index contributed by atoms with van der Waals surface area (Å²) in [6.07, 6.45) is 0. The second kappa shape index (κ2) is 8.82. The number of carbonyl (C=O) groups excluding carboxylic acids is 2. The van der Waals surface area contributed by atoms with Crippen LogP contribution >= 0.6 is 11.3 Å². The molecular formula is C19H23N3O3S. The molecule has 1 aliphatic rings. The number of thiophene rings is 1. The SMILES string of the molecule is CC(=O)N(CCNC(=O)c1cccs1)c1ccccc1N1CCOCC1. The monoisotopic (exact) mass is 373 g/mol. The van der Waals surface area contributed by atoms with E-state index in [9.17, 15) is 9.59 Å². The fraction of sp³-hybridized carbons (Fsp3) is 0.368. The van der Waals surface area contributed by atoms with Crippen LogP contribution in [-0.2, 0) is 9.53 Å². The molecule has 138 valence electrons. The Morgan fingerprint density at radius 3 is 2.65 bits per heavy atom. The highest BCUT2D eigenvalue weighted by molar-refractivity contribution is 7.12. The molecule has 7 heteroatoms. The van der Waals surface area contributed by atoms with E-state index in [1.165, 1.54) is 11.3 Å². The van der Waals surface area contributed by atoms with Gasteiger partial charge in [-0.3, -0.25) is 9.59 Å². The first kappa shape index (κ1) is 18.4. The number of nitrogens with zero attached hydrogens (tertiary/aromatic N) is 2. The number of morpholine rings is 1. The molecule has 2 heterocycles. The van der Waals surface area contributed by atoms with Crippen molar-refractivity contribution in [2.24, 2.45) is 0 Å². The van der Waals surface area contributed by atoms with E-state index >= 15 is 0 Å². The van der Waals surface area contributed by atoms with Crippen LogP contribution in [0, 0.1) is 0 Å². The Labute approximate surface area is 157 Å². The lowest BCUT2D eigenvalue weighted by molar-refractivity contribution is -0.116. The molecule has 0 unspecified atom stereocenters. The second-order valence-electron chi connectivity index (χ2n) is 5.99. The van der Waals surface area contributed by atoms with E-state index in [-0.39, 0.29) is 11.8 Å². The molecule has 6 nitrogen and oxygen atoms in total. The topological polar surface area (TPSA) is 61.9 Å². The molecule has 0 radical (unpaired) electrons. The Morgan fingerprint density at radius 1 is 1.19 bits per heavy atom. The van der Waals surface area contributed by atoms with E-state index in [0.29, 0.717) is 31.2 Å². The molecule has 2 amide bonds. The number of rotatable bonds is 6. The largest absolute Gasteiger partial charge is 0.378 e. The maximum absolute atomic E-state index is 12.3. The predicted octanol–water partition coefficient (Wildman–Crippen LogP) is 2.37. The van der Waals surface area contributed by atoms with Gasteiger partial charge in [-0.1, -0.05) is 18.2 Å². The first-order valence-corrected chi connectivity index (χ1v) is 9.56. The number of hydrogen-bond donors (Lipinski definition) is 1. The van der Waals surface area contributed by atoms with Gasteiger partial charge in [-0.05, 0) is 23.6 Å². The number of benzene rings is 1. The minimum absolute atomic E-state index is 0.0453. The number of anilines is 2. The zero-order chi connectivity index (χ0) is 18.4. The maximum atomic E-state index is 12.3. The second-order valence-corrected chi connectivity index (χ2v) is 6.94. The van der Waals surface area contributed by atoms with Crippen LogP contribution in [0.4, 0.5) is 11.4 Å². The number of hydrogen-bond acceptors (Lipinski definition) is 5. The number of amides is 2. The van der Waals surface area contributed by atoms with Crippen LogP contribution in [0.15, 0.2) is 41.8 Å². The lowest BCUT2D eigenvalue weighted by Crippen LogP contribution is -2.40. The highest BCUT2D eigenvalue weighted by Gasteiger charge is 2.20. The van der Waals surface area contributed by atoms with Gasteiger partial charge in [0, 0.05) is 33.1 Å². The predicted molar refractivity (Wildman–Crippen MR) is 104 cm³/mol. The molecule has 1 N–H and O–H groups in total. The van der Waals surface area contributed by atoms with Crippen molar-refractivity contribution in [3.8, 4) is 0 Å². The quantitative estimate of drug-likeness (QED) is 0.844. The van der Waals surface area contributed by atoms with Crippen molar-refractivity contribution in [1.82, 2.24) is 5.32 Å². The maximum Gasteiger partial charge on any atom is 0.261 e. The van der Waals surface area contributed by atoms with Gasteiger partial charge in [0.15, 0.2) is 0 Å². The summed E-state index contributed by atoms with van der Waals surface area (Å²) < 4.78 is 5.43. The zero-order valence-electron chi connectivity index (χ0n) is 14.8. The lowest BCUT2D eigenvalue weighted by atomic mass is 10.2. The molecule has 1 aromatic carbocycles. The molecule has 1 fully saturated rings. The summed E-state index contributed by atoms with van der Waals surface area (Å²) in [5.74, 6) is -0.152. The first-order valence-electron chi connectivity index (χ1n) is 8.68. The van der Waals surface area contributed by atoms with Crippen molar-refractivity contribution in [3.63, 3.8) is 0 Å². The smallest absolute Gasteiger partial charge is 0.261 e. The number of para-hydroxylation sites is 2. The van der Waals surface area contributed by atoms with Gasteiger partial charge in [0.05, 0.1) is 29.5 Å². The van der Waals surface area contributed by atoms with Crippen molar-refractivity contribution < 1.29 is 14.3 Å². The summed E-state index contributed by atoms with van der Waals surface area (Å²) in [7, 11) is 0. The van der Waals surface area contributed by atoms with E-state index in [2.05, 4.69) is 10.2 Å². The molecule has 0 atom stereocenters. The third-order valence-corrected chi connectivity index (χ3v) is 5.14. The van der Waals surface area contributed by atoms with E-state index < -0.39 is 0 Å². The Balaban J connectivity index is 1.69. The molecule has 1 aromatic heterocycles. The molecule has 1 saturated heterocycles. The molecule has 0 aliphatic carbocycles. The number of nitrogens with one attached hydrogen (secondary N) is 1. The molecular weight excluding hydrogens is 350 g/mol. The average molecular weight is 373 g/mol. The van der Waals surface area contributed by atoms with Crippen molar-refractivity contribution in [1.29, 1.82) is 0 Å². The third-order valence-electron chi connectivity index (χ3n) is 4.27. The van der Waals surface area contributed by atoms with Crippen molar-refractivity contribution in [2.45, 2.75) is 6.92 Å². The number of carbonyl (C=O) groups is 2. The minimum Gasteiger partial charge on any atom is -0.378 e. The van der Waals surface area contributed by atoms with Crippen LogP contribution in [0.25, 0.3) is 0 Å². The Morgan fingerprint density at radius 2 is 1.96 bits per heavy atom. The van der Waals surface area contributed by atoms with Crippen LogP contribution < -0.4 is 15.1 Å². The molecule has 3 rings (SSSR count). The van der Waals surface area contributed by atoms with Crippen molar-refractivity contribution in [2.75, 3.05) is 49.2 Å². The standard InChI is InChI=1S/C19H23N3O3S/c1-15(23)22(9-8-20-19(24)18-7-4-14-26-18)17-6-3-2-5-16(17)21-10-12-25-13-11-21/h2-7,14H,8-13H2,1H3,(H,20,24). The molecule has 0 spiro atoms. The highest BCUT2D eigenvalue weighted by atomic mass is 32.1. The minimum atomic E-state index is -0.107. The Hall–Kier alpha value is -2.38. The van der Waals surface area contributed by atoms with E-state index in [1.807, 2.05) is 35.7 Å². The van der Waals surface area contributed by atoms with Crippen LogP contribution in [0.2, 0.25) is 0 Å². The fourth-order valence-electron chi connectivity index (χ4n) is 2.99. The highest BCUT2D eigenvalue weighted by Crippen LogP contribution is 2.29. The van der Waals surface area contributed by atoms with Gasteiger partial charge in [-0.2, -0.15) is 0 Å². The summed E-state index contributed by atoms with van der Waals surface area (Å²) in [6, 6.07) is 11.5. The van der Waals surface area contributed by atoms with Crippen LogP contribution in [0.5, 0.6) is 0 Å². The van der Waals surface area contributed by atoms with E-state index in [1.54, 1.807) is 17.9 Å². The normalized spacial score (nSPS) is 14.1. The average Bonchev–Trinajstić information content (AvgIpc) is 3.20. The zero-order valence-corrected chi connectivity index (χ0v) is 15.6. The van der Waals surface area contributed by atoms with Gasteiger partial charge >= 0.3 is 0 Å². The molecule has 0 saturated carbocycles. The lowest BCUT2D eigenvalue weighted by Gasteiger charge is -2.33. The third kappa shape index (κ3) is 4.42. The van der Waals surface area contributed by atoms with Gasteiger partial charge in [0.2, 0.25) is 5.91 Å². The summed E-state index contributed by atoms with van der Waals surface area (Å²) in [5.41, 5.74) is 1.89. The molecule has 1 aliphatic heterocycles. The summed E-state index contributed by atoms with van der Waals surface area (Å²) >= 11 is 1.40. The van der Waals surface area contributed by atoms with Crippen molar-refractivity contribution in [3.05, 3.63) is 46.7 Å². The molecule has 2 aromatic rings. The Kier molecular flexibility index (Phi) is 6.25. The Bertz CT molecular complexity index is 742. The molecule has 0 bridgehead atoms. The summed E-state index contributed by atoms with van der Waals surface area (Å²) in [6.45, 7) is 5.35. The van der Waals surface area contributed by atoms with Gasteiger partial charge < -0.3 is 19.9 Å². The van der Waals surface area contributed by atoms with Crippen molar-refractivity contribution >= 4 is 34.5 Å². The van der Waals surface area contributed by atoms with Crippen LogP contribution in [0.3, 0.4) is 0 Å². The van der Waals surface area contributed by atoms with E-state index in [0.717, 1.165) is 24.5 Å².